The van der Waals surface area contributed by atoms with Crippen molar-refractivity contribution in [3.8, 4) is 11.5 Å². The molecule has 2 aromatic rings. The summed E-state index contributed by atoms with van der Waals surface area (Å²) in [5.41, 5.74) is 2.13. The maximum absolute atomic E-state index is 13.2. The third-order valence-corrected chi connectivity index (χ3v) is 6.16. The second-order valence-electron chi connectivity index (χ2n) is 8.87. The maximum Gasteiger partial charge on any atom is 0.295 e. The SMILES string of the molecule is CCCCOc1ccc(C2/C(=C(/O)c3ccc(OC)c(C(C)C)c3)C(=O)C(=O)N2CCOC)cc1. The highest BCUT2D eigenvalue weighted by Gasteiger charge is 2.45. The molecule has 0 spiro atoms. The first-order valence-corrected chi connectivity index (χ1v) is 12.0. The standard InChI is InChI=1S/C28H35NO6/c1-6-7-15-35-21-11-8-19(9-12-21)25-24(27(31)28(32)29(25)14-16-33-4)26(30)20-10-13-23(34-5)22(17-20)18(2)3/h8-13,17-18,25,30H,6-7,14-16H2,1-5H3/b26-24-. The van der Waals surface area contributed by atoms with E-state index in [1.807, 2.05) is 44.2 Å². The maximum atomic E-state index is 13.2. The zero-order valence-corrected chi connectivity index (χ0v) is 21.2. The number of aliphatic hydroxyl groups excluding tert-OH is 1. The highest BCUT2D eigenvalue weighted by atomic mass is 16.5. The van der Waals surface area contributed by atoms with Crippen LogP contribution < -0.4 is 9.47 Å². The topological polar surface area (TPSA) is 85.3 Å². The fourth-order valence-corrected chi connectivity index (χ4v) is 4.22. The number of nitrogens with zero attached hydrogens (tertiary/aromatic N) is 1. The van der Waals surface area contributed by atoms with Crippen LogP contribution in [0.5, 0.6) is 11.5 Å². The molecule has 0 aromatic heterocycles. The van der Waals surface area contributed by atoms with Gasteiger partial charge in [0.2, 0.25) is 0 Å². The van der Waals surface area contributed by atoms with Gasteiger partial charge in [-0.15, -0.1) is 0 Å². The predicted molar refractivity (Wildman–Crippen MR) is 135 cm³/mol. The molecule has 1 fully saturated rings. The van der Waals surface area contributed by atoms with Crippen LogP contribution in [0.15, 0.2) is 48.0 Å². The van der Waals surface area contributed by atoms with Crippen molar-refractivity contribution in [2.45, 2.75) is 45.6 Å². The molecular weight excluding hydrogens is 446 g/mol. The predicted octanol–water partition coefficient (Wildman–Crippen LogP) is 5.07. The van der Waals surface area contributed by atoms with E-state index in [1.54, 1.807) is 26.4 Å². The molecule has 0 bridgehead atoms. The third-order valence-electron chi connectivity index (χ3n) is 6.16. The number of ketones is 1. The van der Waals surface area contributed by atoms with E-state index in [4.69, 9.17) is 14.2 Å². The molecule has 7 heteroatoms. The number of carbonyl (C=O) groups is 2. The van der Waals surface area contributed by atoms with Gasteiger partial charge in [-0.25, -0.2) is 0 Å². The summed E-state index contributed by atoms with van der Waals surface area (Å²) in [6.07, 6.45) is 2.00. The van der Waals surface area contributed by atoms with Crippen LogP contribution in [0.4, 0.5) is 0 Å². The number of hydrogen-bond acceptors (Lipinski definition) is 6. The summed E-state index contributed by atoms with van der Waals surface area (Å²) in [7, 11) is 3.14. The number of likely N-dealkylation sites (tertiary alicyclic amines) is 1. The zero-order chi connectivity index (χ0) is 25.5. The van der Waals surface area contributed by atoms with Gasteiger partial charge in [-0.05, 0) is 53.8 Å². The van der Waals surface area contributed by atoms with Crippen molar-refractivity contribution in [1.29, 1.82) is 0 Å². The summed E-state index contributed by atoms with van der Waals surface area (Å²) < 4.78 is 16.4. The molecule has 1 N–H and O–H groups in total. The first-order valence-electron chi connectivity index (χ1n) is 12.0. The van der Waals surface area contributed by atoms with E-state index in [1.165, 1.54) is 4.90 Å². The van der Waals surface area contributed by atoms with E-state index in [0.29, 0.717) is 29.2 Å². The number of carbonyl (C=O) groups excluding carboxylic acids is 2. The number of benzene rings is 2. The van der Waals surface area contributed by atoms with Gasteiger partial charge in [0.05, 0.1) is 31.9 Å². The second kappa shape index (κ2) is 11.9. The number of aliphatic hydroxyl groups is 1. The van der Waals surface area contributed by atoms with E-state index >= 15 is 0 Å². The molecule has 7 nitrogen and oxygen atoms in total. The number of hydrogen-bond donors (Lipinski definition) is 1. The van der Waals surface area contributed by atoms with Crippen molar-refractivity contribution in [2.75, 3.05) is 34.0 Å². The molecule has 1 heterocycles. The Morgan fingerprint density at radius 1 is 1.06 bits per heavy atom. The smallest absolute Gasteiger partial charge is 0.295 e. The normalized spacial score (nSPS) is 17.3. The fraction of sp³-hybridized carbons (Fsp3) is 0.429. The molecule has 0 aliphatic carbocycles. The average Bonchev–Trinajstić information content (AvgIpc) is 3.12. The summed E-state index contributed by atoms with van der Waals surface area (Å²) in [4.78, 5) is 27.6. The van der Waals surface area contributed by atoms with Crippen molar-refractivity contribution < 1.29 is 28.9 Å². The first-order chi connectivity index (χ1) is 16.8. The van der Waals surface area contributed by atoms with Crippen LogP contribution in [0, 0.1) is 0 Å². The molecule has 35 heavy (non-hydrogen) atoms. The molecule has 1 aliphatic rings. The van der Waals surface area contributed by atoms with Crippen molar-refractivity contribution in [1.82, 2.24) is 4.90 Å². The minimum Gasteiger partial charge on any atom is -0.507 e. The number of Topliss-reactive ketones (excluding diaryl/α,β-unsaturated/α-hetero) is 1. The molecule has 0 radical (unpaired) electrons. The van der Waals surface area contributed by atoms with Crippen molar-refractivity contribution in [3.63, 3.8) is 0 Å². The van der Waals surface area contributed by atoms with E-state index in [9.17, 15) is 14.7 Å². The third kappa shape index (κ3) is 5.68. The fourth-order valence-electron chi connectivity index (χ4n) is 4.22. The Morgan fingerprint density at radius 2 is 1.77 bits per heavy atom. The summed E-state index contributed by atoms with van der Waals surface area (Å²) in [6, 6.07) is 11.9. The molecule has 1 atom stereocenters. The minimum absolute atomic E-state index is 0.0608. The summed E-state index contributed by atoms with van der Waals surface area (Å²) in [5.74, 6) is -0.0257. The van der Waals surface area contributed by atoms with Crippen LogP contribution in [0.2, 0.25) is 0 Å². The molecule has 188 valence electrons. The lowest BCUT2D eigenvalue weighted by molar-refractivity contribution is -0.140. The Labute approximate surface area is 207 Å². The van der Waals surface area contributed by atoms with Gasteiger partial charge in [0.25, 0.3) is 11.7 Å². The van der Waals surface area contributed by atoms with E-state index in [2.05, 4.69) is 6.92 Å². The van der Waals surface area contributed by atoms with Gasteiger partial charge in [0, 0.05) is 19.2 Å². The van der Waals surface area contributed by atoms with Crippen LogP contribution in [0.25, 0.3) is 5.76 Å². The summed E-state index contributed by atoms with van der Waals surface area (Å²) in [5, 5.41) is 11.3. The molecular formula is C28H35NO6. The summed E-state index contributed by atoms with van der Waals surface area (Å²) >= 11 is 0. The van der Waals surface area contributed by atoms with Gasteiger partial charge < -0.3 is 24.2 Å². The van der Waals surface area contributed by atoms with Gasteiger partial charge in [-0.3, -0.25) is 9.59 Å². The molecule has 0 saturated carbocycles. The Balaban J connectivity index is 2.08. The lowest BCUT2D eigenvalue weighted by Crippen LogP contribution is -2.32. The van der Waals surface area contributed by atoms with E-state index in [-0.39, 0.29) is 30.4 Å². The van der Waals surface area contributed by atoms with E-state index < -0.39 is 17.7 Å². The molecule has 3 rings (SSSR count). The lowest BCUT2D eigenvalue weighted by Gasteiger charge is -2.25. The van der Waals surface area contributed by atoms with Crippen LogP contribution in [0.3, 0.4) is 0 Å². The second-order valence-corrected chi connectivity index (χ2v) is 8.87. The van der Waals surface area contributed by atoms with E-state index in [0.717, 1.165) is 18.4 Å². The van der Waals surface area contributed by atoms with Crippen molar-refractivity contribution in [3.05, 3.63) is 64.7 Å². The highest BCUT2D eigenvalue weighted by molar-refractivity contribution is 6.46. The summed E-state index contributed by atoms with van der Waals surface area (Å²) in [6.45, 7) is 7.25. The monoisotopic (exact) mass is 481 g/mol. The van der Waals surface area contributed by atoms with Gasteiger partial charge in [-0.1, -0.05) is 39.3 Å². The van der Waals surface area contributed by atoms with Crippen molar-refractivity contribution in [2.24, 2.45) is 0 Å². The number of methoxy groups -OCH3 is 2. The van der Waals surface area contributed by atoms with Gasteiger partial charge >= 0.3 is 0 Å². The van der Waals surface area contributed by atoms with Crippen LogP contribution in [0.1, 0.15) is 62.3 Å². The molecule has 1 amide bonds. The largest absolute Gasteiger partial charge is 0.507 e. The Morgan fingerprint density at radius 3 is 2.37 bits per heavy atom. The highest BCUT2D eigenvalue weighted by Crippen LogP contribution is 2.40. The number of ether oxygens (including phenoxy) is 3. The molecule has 1 saturated heterocycles. The van der Waals surface area contributed by atoms with Gasteiger partial charge in [0.15, 0.2) is 0 Å². The van der Waals surface area contributed by atoms with Gasteiger partial charge in [-0.2, -0.15) is 0 Å². The first kappa shape index (κ1) is 26.3. The number of rotatable bonds is 11. The van der Waals surface area contributed by atoms with Crippen LogP contribution in [-0.2, 0) is 14.3 Å². The molecule has 1 aliphatic heterocycles. The van der Waals surface area contributed by atoms with Gasteiger partial charge in [0.1, 0.15) is 17.3 Å². The Bertz CT molecular complexity index is 1070. The Hall–Kier alpha value is -3.32. The van der Waals surface area contributed by atoms with Crippen LogP contribution in [-0.4, -0.2) is 55.7 Å². The number of unbranched alkanes of at least 4 members (excludes halogenated alkanes) is 1. The average molecular weight is 482 g/mol. The quantitative estimate of drug-likeness (QED) is 0.209. The van der Waals surface area contributed by atoms with Crippen LogP contribution >= 0.6 is 0 Å². The Kier molecular flexibility index (Phi) is 8.93. The zero-order valence-electron chi connectivity index (χ0n) is 21.2. The number of amides is 1. The molecule has 2 aromatic carbocycles. The minimum atomic E-state index is -0.737. The van der Waals surface area contributed by atoms with Crippen molar-refractivity contribution >= 4 is 17.4 Å². The molecule has 1 unspecified atom stereocenters. The lowest BCUT2D eigenvalue weighted by atomic mass is 9.93.